The van der Waals surface area contributed by atoms with Crippen LogP contribution in [-0.2, 0) is 23.8 Å². The Balaban J connectivity index is 2.13. The van der Waals surface area contributed by atoms with Crippen LogP contribution in [0.4, 0.5) is 0 Å². The van der Waals surface area contributed by atoms with E-state index in [1.165, 1.54) is 0 Å². The molecule has 160 valence electrons. The zero-order valence-corrected chi connectivity index (χ0v) is 19.1. The maximum atomic E-state index is 12.6. The maximum Gasteiger partial charge on any atom is 0.297 e. The number of nitrogens with zero attached hydrogens (tertiary/aromatic N) is 1. The monoisotopic (exact) mass is 413 g/mol. The zero-order chi connectivity index (χ0) is 21.2. The average molecular weight is 414 g/mol. The molecule has 0 saturated carbocycles. The Morgan fingerprint density at radius 2 is 1.82 bits per heavy atom. The van der Waals surface area contributed by atoms with Crippen LogP contribution in [0, 0.1) is 6.92 Å². The lowest BCUT2D eigenvalue weighted by atomic mass is 10.0. The van der Waals surface area contributed by atoms with Crippen molar-refractivity contribution in [3.05, 3.63) is 29.3 Å². The molecule has 1 aromatic rings. The third kappa shape index (κ3) is 7.12. The highest BCUT2D eigenvalue weighted by Gasteiger charge is 2.28. The highest BCUT2D eigenvalue weighted by atomic mass is 32.2. The molecule has 0 N–H and O–H groups in total. The van der Waals surface area contributed by atoms with Crippen LogP contribution in [0.1, 0.15) is 58.8 Å². The van der Waals surface area contributed by atoms with Crippen molar-refractivity contribution in [1.29, 1.82) is 0 Å². The van der Waals surface area contributed by atoms with Crippen molar-refractivity contribution in [3.8, 4) is 0 Å². The van der Waals surface area contributed by atoms with Gasteiger partial charge < -0.3 is 9.47 Å². The number of aryl methyl sites for hydroxylation is 1. The molecule has 0 aliphatic carbocycles. The molecule has 2 rings (SSSR count). The second-order valence-corrected chi connectivity index (χ2v) is 10.8. The van der Waals surface area contributed by atoms with Crippen molar-refractivity contribution in [2.75, 3.05) is 32.8 Å². The second kappa shape index (κ2) is 8.79. The van der Waals surface area contributed by atoms with Gasteiger partial charge >= 0.3 is 0 Å². The number of benzene rings is 1. The lowest BCUT2D eigenvalue weighted by molar-refractivity contribution is -0.0550. The number of rotatable bonds is 6. The molecule has 0 spiro atoms. The minimum absolute atomic E-state index is 0.155. The van der Waals surface area contributed by atoms with E-state index >= 15 is 0 Å². The molecule has 1 saturated heterocycles. The summed E-state index contributed by atoms with van der Waals surface area (Å²) in [5.41, 5.74) is 0.958. The van der Waals surface area contributed by atoms with Gasteiger partial charge in [-0.05, 0) is 71.7 Å². The predicted octanol–water partition coefficient (Wildman–Crippen LogP) is 3.69. The van der Waals surface area contributed by atoms with Gasteiger partial charge in [-0.25, -0.2) is 0 Å². The first-order chi connectivity index (χ1) is 12.8. The van der Waals surface area contributed by atoms with Crippen LogP contribution in [0.25, 0.3) is 0 Å². The Morgan fingerprint density at radius 3 is 2.43 bits per heavy atom. The van der Waals surface area contributed by atoms with E-state index in [1.54, 1.807) is 32.9 Å². The van der Waals surface area contributed by atoms with Gasteiger partial charge in [0, 0.05) is 19.6 Å². The molecule has 0 aromatic heterocycles. The molecule has 1 aliphatic rings. The summed E-state index contributed by atoms with van der Waals surface area (Å²) in [6.45, 7) is 16.9. The van der Waals surface area contributed by atoms with Crippen LogP contribution in [0.15, 0.2) is 23.1 Å². The molecule has 1 unspecified atom stereocenters. The SMILES string of the molecule is Cc1ccc(S(=O)(=O)OC(C)(C)C)cc1C1CN(CCOC(C)(C)C)CCO1. The fourth-order valence-corrected chi connectivity index (χ4v) is 4.33. The van der Waals surface area contributed by atoms with E-state index in [4.69, 9.17) is 13.7 Å². The molecule has 1 fully saturated rings. The molecular weight excluding hydrogens is 378 g/mol. The van der Waals surface area contributed by atoms with Crippen LogP contribution in [-0.4, -0.2) is 57.4 Å². The molecule has 0 radical (unpaired) electrons. The quantitative estimate of drug-likeness (QED) is 0.663. The summed E-state index contributed by atoms with van der Waals surface area (Å²) in [6.07, 6.45) is -0.173. The molecule has 1 aromatic carbocycles. The number of hydrogen-bond donors (Lipinski definition) is 0. The summed E-state index contributed by atoms with van der Waals surface area (Å²) in [7, 11) is -3.83. The Kier molecular flexibility index (Phi) is 7.32. The molecule has 1 atom stereocenters. The van der Waals surface area contributed by atoms with Gasteiger partial charge in [-0.1, -0.05) is 6.07 Å². The minimum atomic E-state index is -3.83. The minimum Gasteiger partial charge on any atom is -0.375 e. The largest absolute Gasteiger partial charge is 0.375 e. The van der Waals surface area contributed by atoms with Crippen molar-refractivity contribution in [1.82, 2.24) is 4.90 Å². The lowest BCUT2D eigenvalue weighted by Crippen LogP contribution is -2.41. The molecular formula is C21H35NO5S. The van der Waals surface area contributed by atoms with Gasteiger partial charge in [0.2, 0.25) is 0 Å². The van der Waals surface area contributed by atoms with Gasteiger partial charge in [0.1, 0.15) is 0 Å². The van der Waals surface area contributed by atoms with Gasteiger partial charge in [0.25, 0.3) is 10.1 Å². The van der Waals surface area contributed by atoms with Crippen molar-refractivity contribution in [2.45, 2.75) is 70.7 Å². The summed E-state index contributed by atoms with van der Waals surface area (Å²) in [5.74, 6) is 0. The van der Waals surface area contributed by atoms with E-state index in [-0.39, 0.29) is 16.6 Å². The first-order valence-corrected chi connectivity index (χ1v) is 11.2. The fourth-order valence-electron chi connectivity index (χ4n) is 3.07. The van der Waals surface area contributed by atoms with Crippen molar-refractivity contribution < 1.29 is 22.1 Å². The summed E-state index contributed by atoms with van der Waals surface area (Å²) < 4.78 is 42.3. The Labute approximate surface area is 170 Å². The van der Waals surface area contributed by atoms with Gasteiger partial charge in [-0.2, -0.15) is 8.42 Å². The highest BCUT2D eigenvalue weighted by Crippen LogP contribution is 2.29. The van der Waals surface area contributed by atoms with Crippen LogP contribution < -0.4 is 0 Å². The summed E-state index contributed by atoms with van der Waals surface area (Å²) >= 11 is 0. The van der Waals surface area contributed by atoms with E-state index in [1.807, 2.05) is 33.8 Å². The van der Waals surface area contributed by atoms with Crippen molar-refractivity contribution >= 4 is 10.1 Å². The summed E-state index contributed by atoms with van der Waals surface area (Å²) in [5, 5.41) is 0. The Bertz CT molecular complexity index is 762. The van der Waals surface area contributed by atoms with Gasteiger partial charge in [0.05, 0.1) is 35.4 Å². The van der Waals surface area contributed by atoms with Crippen molar-refractivity contribution in [2.24, 2.45) is 0 Å². The topological polar surface area (TPSA) is 65.1 Å². The number of morpholine rings is 1. The van der Waals surface area contributed by atoms with E-state index in [0.29, 0.717) is 19.8 Å². The molecule has 1 aliphatic heterocycles. The summed E-state index contributed by atoms with van der Waals surface area (Å²) in [6, 6.07) is 5.10. The second-order valence-electron chi connectivity index (χ2n) is 9.29. The molecule has 1 heterocycles. The zero-order valence-electron chi connectivity index (χ0n) is 18.2. The molecule has 7 heteroatoms. The van der Waals surface area contributed by atoms with E-state index in [0.717, 1.165) is 24.2 Å². The smallest absolute Gasteiger partial charge is 0.297 e. The third-order valence-electron chi connectivity index (χ3n) is 4.34. The average Bonchev–Trinajstić information content (AvgIpc) is 2.52. The number of ether oxygens (including phenoxy) is 2. The molecule has 28 heavy (non-hydrogen) atoms. The van der Waals surface area contributed by atoms with Crippen LogP contribution >= 0.6 is 0 Å². The van der Waals surface area contributed by atoms with Crippen LogP contribution in [0.5, 0.6) is 0 Å². The molecule has 0 bridgehead atoms. The normalized spacial score (nSPS) is 19.8. The van der Waals surface area contributed by atoms with E-state index in [9.17, 15) is 8.42 Å². The van der Waals surface area contributed by atoms with E-state index < -0.39 is 15.7 Å². The maximum absolute atomic E-state index is 12.6. The van der Waals surface area contributed by atoms with Crippen LogP contribution in [0.2, 0.25) is 0 Å². The third-order valence-corrected chi connectivity index (χ3v) is 5.89. The van der Waals surface area contributed by atoms with Gasteiger partial charge in [-0.3, -0.25) is 9.08 Å². The Hall–Kier alpha value is -0.990. The van der Waals surface area contributed by atoms with Crippen LogP contribution in [0.3, 0.4) is 0 Å². The predicted molar refractivity (Wildman–Crippen MR) is 110 cm³/mol. The first kappa shape index (κ1) is 23.3. The van der Waals surface area contributed by atoms with E-state index in [2.05, 4.69) is 4.90 Å². The van der Waals surface area contributed by atoms with Gasteiger partial charge in [0.15, 0.2) is 0 Å². The highest BCUT2D eigenvalue weighted by molar-refractivity contribution is 7.86. The Morgan fingerprint density at radius 1 is 1.14 bits per heavy atom. The van der Waals surface area contributed by atoms with Crippen molar-refractivity contribution in [3.63, 3.8) is 0 Å². The molecule has 0 amide bonds. The lowest BCUT2D eigenvalue weighted by Gasteiger charge is -2.34. The van der Waals surface area contributed by atoms with Gasteiger partial charge in [-0.15, -0.1) is 0 Å². The first-order valence-electron chi connectivity index (χ1n) is 9.81. The molecule has 6 nitrogen and oxygen atoms in total. The summed E-state index contributed by atoms with van der Waals surface area (Å²) in [4.78, 5) is 2.46. The fraction of sp³-hybridized carbons (Fsp3) is 0.714. The number of hydrogen-bond acceptors (Lipinski definition) is 6. The standard InChI is InChI=1S/C21H35NO5S/c1-16-8-9-17(28(23,24)27-21(5,6)7)14-18(16)19-15-22(10-12-25-19)11-13-26-20(2,3)4/h8-9,14,19H,10-13,15H2,1-7H3.